The van der Waals surface area contributed by atoms with E-state index in [0.29, 0.717) is 0 Å². The molecule has 0 unspecified atom stereocenters. The van der Waals surface area contributed by atoms with Crippen LogP contribution in [-0.4, -0.2) is 0 Å². The van der Waals surface area contributed by atoms with Crippen molar-refractivity contribution in [3.05, 3.63) is 47.7 Å². The minimum atomic E-state index is 0.972. The topological polar surface area (TPSA) is 13.1 Å². The highest BCUT2D eigenvalue weighted by atomic mass is 16.3. The van der Waals surface area contributed by atoms with Crippen LogP contribution in [0, 0.1) is 0 Å². The smallest absolute Gasteiger partial charge is 0.133 e. The van der Waals surface area contributed by atoms with Gasteiger partial charge in [-0.1, -0.05) is 12.1 Å². The van der Waals surface area contributed by atoms with Gasteiger partial charge < -0.3 is 4.42 Å². The third-order valence-corrected chi connectivity index (χ3v) is 2.90. The van der Waals surface area contributed by atoms with Gasteiger partial charge in [0.25, 0.3) is 0 Å². The maximum atomic E-state index is 5.38. The first-order valence-electron chi connectivity index (χ1n) is 5.09. The van der Waals surface area contributed by atoms with Crippen molar-refractivity contribution in [1.82, 2.24) is 0 Å². The van der Waals surface area contributed by atoms with Crippen LogP contribution in [0.5, 0.6) is 0 Å². The zero-order valence-electron chi connectivity index (χ0n) is 7.99. The van der Waals surface area contributed by atoms with Gasteiger partial charge >= 0.3 is 0 Å². The van der Waals surface area contributed by atoms with Crippen LogP contribution >= 0.6 is 0 Å². The Labute approximate surface area is 83.4 Å². The minimum absolute atomic E-state index is 0.972. The summed E-state index contributed by atoms with van der Waals surface area (Å²) < 4.78 is 5.38. The Bertz CT molecular complexity index is 440. The highest BCUT2D eigenvalue weighted by Crippen LogP contribution is 2.27. The molecule has 0 saturated heterocycles. The molecule has 1 heteroatoms. The van der Waals surface area contributed by atoms with E-state index >= 15 is 0 Å². The van der Waals surface area contributed by atoms with Crippen molar-refractivity contribution in [1.29, 1.82) is 0 Å². The highest BCUT2D eigenvalue weighted by molar-refractivity contribution is 5.59. The van der Waals surface area contributed by atoms with E-state index in [2.05, 4.69) is 18.2 Å². The lowest BCUT2D eigenvalue weighted by Gasteiger charge is -2.01. The standard InChI is InChI=1S/C13H12O/c1-3-10-6-7-12(9-11(10)4-1)13-5-2-8-14-13/h2,5-9H,1,3-4H2. The van der Waals surface area contributed by atoms with Crippen LogP contribution in [0.15, 0.2) is 41.0 Å². The Kier molecular flexibility index (Phi) is 1.69. The zero-order valence-corrected chi connectivity index (χ0v) is 7.99. The van der Waals surface area contributed by atoms with E-state index in [0.717, 1.165) is 5.76 Å². The number of aryl methyl sites for hydroxylation is 2. The van der Waals surface area contributed by atoms with Gasteiger partial charge in [0.05, 0.1) is 6.26 Å². The molecule has 0 aliphatic heterocycles. The summed E-state index contributed by atoms with van der Waals surface area (Å²) in [5.41, 5.74) is 4.22. The first-order valence-corrected chi connectivity index (χ1v) is 5.09. The van der Waals surface area contributed by atoms with Crippen LogP contribution in [0.25, 0.3) is 11.3 Å². The number of benzene rings is 1. The molecule has 1 aromatic carbocycles. The van der Waals surface area contributed by atoms with E-state index in [1.165, 1.54) is 36.0 Å². The van der Waals surface area contributed by atoms with Crippen LogP contribution in [0.1, 0.15) is 17.5 Å². The molecule has 2 aromatic rings. The first-order chi connectivity index (χ1) is 6.93. The second-order valence-corrected chi connectivity index (χ2v) is 3.81. The van der Waals surface area contributed by atoms with E-state index < -0.39 is 0 Å². The number of hydrogen-bond donors (Lipinski definition) is 0. The lowest BCUT2D eigenvalue weighted by atomic mass is 10.1. The molecule has 1 aromatic heterocycles. The average molecular weight is 184 g/mol. The molecule has 0 saturated carbocycles. The normalized spacial score (nSPS) is 14.3. The molecule has 1 nitrogen and oxygen atoms in total. The predicted octanol–water partition coefficient (Wildman–Crippen LogP) is 3.44. The number of hydrogen-bond acceptors (Lipinski definition) is 1. The summed E-state index contributed by atoms with van der Waals surface area (Å²) in [6, 6.07) is 10.6. The Balaban J connectivity index is 2.09. The molecule has 0 spiro atoms. The molecule has 1 aliphatic carbocycles. The van der Waals surface area contributed by atoms with Gasteiger partial charge in [0.2, 0.25) is 0 Å². The molecule has 70 valence electrons. The van der Waals surface area contributed by atoms with Gasteiger partial charge in [0, 0.05) is 5.56 Å². The van der Waals surface area contributed by atoms with Crippen LogP contribution in [0.3, 0.4) is 0 Å². The Morgan fingerprint density at radius 1 is 1.00 bits per heavy atom. The van der Waals surface area contributed by atoms with Crippen molar-refractivity contribution in [2.24, 2.45) is 0 Å². The van der Waals surface area contributed by atoms with Gasteiger partial charge in [0.15, 0.2) is 0 Å². The van der Waals surface area contributed by atoms with Gasteiger partial charge in [-0.15, -0.1) is 0 Å². The molecule has 3 rings (SSSR count). The summed E-state index contributed by atoms with van der Waals surface area (Å²) in [7, 11) is 0. The fourth-order valence-corrected chi connectivity index (χ4v) is 2.17. The van der Waals surface area contributed by atoms with Crippen molar-refractivity contribution in [3.63, 3.8) is 0 Å². The van der Waals surface area contributed by atoms with E-state index in [-0.39, 0.29) is 0 Å². The van der Waals surface area contributed by atoms with Gasteiger partial charge in [-0.05, 0) is 48.6 Å². The van der Waals surface area contributed by atoms with Crippen molar-refractivity contribution < 1.29 is 4.42 Å². The van der Waals surface area contributed by atoms with Crippen LogP contribution < -0.4 is 0 Å². The van der Waals surface area contributed by atoms with E-state index in [4.69, 9.17) is 4.42 Å². The second kappa shape index (κ2) is 3.02. The average Bonchev–Trinajstić information content (AvgIpc) is 2.88. The first kappa shape index (κ1) is 7.86. The monoisotopic (exact) mass is 184 g/mol. The fourth-order valence-electron chi connectivity index (χ4n) is 2.17. The molecule has 0 fully saturated rings. The molecule has 0 radical (unpaired) electrons. The molecule has 1 heterocycles. The van der Waals surface area contributed by atoms with Crippen molar-refractivity contribution in [2.75, 3.05) is 0 Å². The van der Waals surface area contributed by atoms with Crippen LogP contribution in [-0.2, 0) is 12.8 Å². The minimum Gasteiger partial charge on any atom is -0.464 e. The van der Waals surface area contributed by atoms with E-state index in [1.54, 1.807) is 6.26 Å². The van der Waals surface area contributed by atoms with Gasteiger partial charge in [0.1, 0.15) is 5.76 Å². The number of fused-ring (bicyclic) bond motifs is 1. The second-order valence-electron chi connectivity index (χ2n) is 3.81. The van der Waals surface area contributed by atoms with Crippen LogP contribution in [0.2, 0.25) is 0 Å². The summed E-state index contributed by atoms with van der Waals surface area (Å²) >= 11 is 0. The Hall–Kier alpha value is -1.50. The molecule has 0 N–H and O–H groups in total. The molecule has 0 amide bonds. The quantitative estimate of drug-likeness (QED) is 0.661. The Morgan fingerprint density at radius 3 is 2.79 bits per heavy atom. The highest BCUT2D eigenvalue weighted by Gasteiger charge is 2.11. The fraction of sp³-hybridized carbons (Fsp3) is 0.231. The summed E-state index contributed by atoms with van der Waals surface area (Å²) in [5.74, 6) is 0.972. The lowest BCUT2D eigenvalue weighted by Crippen LogP contribution is -1.82. The summed E-state index contributed by atoms with van der Waals surface area (Å²) in [5, 5.41) is 0. The molecule has 0 atom stereocenters. The van der Waals surface area contributed by atoms with Crippen molar-refractivity contribution in [3.8, 4) is 11.3 Å². The van der Waals surface area contributed by atoms with Gasteiger partial charge in [-0.25, -0.2) is 0 Å². The van der Waals surface area contributed by atoms with Crippen molar-refractivity contribution in [2.45, 2.75) is 19.3 Å². The Morgan fingerprint density at radius 2 is 1.93 bits per heavy atom. The zero-order chi connectivity index (χ0) is 9.38. The summed E-state index contributed by atoms with van der Waals surface area (Å²) in [6.45, 7) is 0. The van der Waals surface area contributed by atoms with Crippen molar-refractivity contribution >= 4 is 0 Å². The summed E-state index contributed by atoms with van der Waals surface area (Å²) in [6.07, 6.45) is 5.50. The third kappa shape index (κ3) is 1.17. The lowest BCUT2D eigenvalue weighted by molar-refractivity contribution is 0.582. The predicted molar refractivity (Wildman–Crippen MR) is 56.2 cm³/mol. The van der Waals surface area contributed by atoms with Crippen LogP contribution in [0.4, 0.5) is 0 Å². The molecular formula is C13H12O. The largest absolute Gasteiger partial charge is 0.464 e. The molecule has 14 heavy (non-hydrogen) atoms. The SMILES string of the molecule is c1coc(-c2ccc3c(c2)CCC3)c1. The number of furan rings is 1. The van der Waals surface area contributed by atoms with Gasteiger partial charge in [-0.2, -0.15) is 0 Å². The van der Waals surface area contributed by atoms with E-state index in [9.17, 15) is 0 Å². The summed E-state index contributed by atoms with van der Waals surface area (Å²) in [4.78, 5) is 0. The van der Waals surface area contributed by atoms with E-state index in [1.807, 2.05) is 12.1 Å². The molecule has 1 aliphatic rings. The molecular weight excluding hydrogens is 172 g/mol. The molecule has 0 bridgehead atoms. The third-order valence-electron chi connectivity index (χ3n) is 2.90. The maximum absolute atomic E-state index is 5.38. The number of rotatable bonds is 1. The van der Waals surface area contributed by atoms with Gasteiger partial charge in [-0.3, -0.25) is 0 Å². The maximum Gasteiger partial charge on any atom is 0.133 e.